The number of hydrogen-bond donors (Lipinski definition) is 2. The molecule has 2 nitrogen and oxygen atoms in total. The van der Waals surface area contributed by atoms with Crippen LogP contribution in [0.4, 0.5) is 5.69 Å². The third kappa shape index (κ3) is 3.38. The van der Waals surface area contributed by atoms with Gasteiger partial charge in [-0.1, -0.05) is 38.3 Å². The fourth-order valence-electron chi connectivity index (χ4n) is 1.47. The molecule has 3 N–H and O–H groups in total. The van der Waals surface area contributed by atoms with Gasteiger partial charge in [0.1, 0.15) is 0 Å². The van der Waals surface area contributed by atoms with Crippen LogP contribution in [0.1, 0.15) is 44.3 Å². The van der Waals surface area contributed by atoms with Gasteiger partial charge in [-0.3, -0.25) is 0 Å². The third-order valence-electron chi connectivity index (χ3n) is 2.40. The third-order valence-corrected chi connectivity index (χ3v) is 2.40. The average molecular weight is 193 g/mol. The summed E-state index contributed by atoms with van der Waals surface area (Å²) in [6, 6.07) is 7.45. The van der Waals surface area contributed by atoms with E-state index in [1.165, 1.54) is 12.8 Å². The standard InChI is InChI=1S/C12H19NO/c1-2-3-4-5-12(14)10-6-8-11(13)9-7-10/h6-9,12,14H,2-5,13H2,1H3. The molecular formula is C12H19NO. The monoisotopic (exact) mass is 193 g/mol. The summed E-state index contributed by atoms with van der Waals surface area (Å²) in [7, 11) is 0. The lowest BCUT2D eigenvalue weighted by Crippen LogP contribution is -1.97. The number of benzene rings is 1. The van der Waals surface area contributed by atoms with Crippen LogP contribution in [0.5, 0.6) is 0 Å². The van der Waals surface area contributed by atoms with E-state index in [4.69, 9.17) is 5.73 Å². The molecule has 1 atom stereocenters. The van der Waals surface area contributed by atoms with Crippen LogP contribution in [0.15, 0.2) is 24.3 Å². The first-order valence-electron chi connectivity index (χ1n) is 5.27. The van der Waals surface area contributed by atoms with Crippen LogP contribution < -0.4 is 5.73 Å². The van der Waals surface area contributed by atoms with E-state index >= 15 is 0 Å². The lowest BCUT2D eigenvalue weighted by atomic mass is 10.0. The molecule has 0 aliphatic heterocycles. The maximum absolute atomic E-state index is 9.80. The summed E-state index contributed by atoms with van der Waals surface area (Å²) < 4.78 is 0. The van der Waals surface area contributed by atoms with Crippen molar-refractivity contribution in [3.05, 3.63) is 29.8 Å². The van der Waals surface area contributed by atoms with Gasteiger partial charge in [-0.2, -0.15) is 0 Å². The van der Waals surface area contributed by atoms with Crippen molar-refractivity contribution in [1.29, 1.82) is 0 Å². The maximum atomic E-state index is 9.80. The number of nitrogens with two attached hydrogens (primary N) is 1. The number of unbranched alkanes of at least 4 members (excludes halogenated alkanes) is 2. The summed E-state index contributed by atoms with van der Waals surface area (Å²) in [6.45, 7) is 2.16. The molecule has 1 aromatic rings. The highest BCUT2D eigenvalue weighted by molar-refractivity contribution is 5.39. The van der Waals surface area contributed by atoms with Gasteiger partial charge < -0.3 is 10.8 Å². The topological polar surface area (TPSA) is 46.2 Å². The number of anilines is 1. The van der Waals surface area contributed by atoms with Crippen LogP contribution in [0, 0.1) is 0 Å². The van der Waals surface area contributed by atoms with E-state index in [-0.39, 0.29) is 6.10 Å². The molecule has 2 heteroatoms. The van der Waals surface area contributed by atoms with Gasteiger partial charge in [0, 0.05) is 5.69 Å². The minimum atomic E-state index is -0.331. The predicted octanol–water partition coefficient (Wildman–Crippen LogP) is 2.88. The molecule has 0 aromatic heterocycles. The molecule has 0 radical (unpaired) electrons. The van der Waals surface area contributed by atoms with E-state index in [2.05, 4.69) is 6.92 Å². The Bertz CT molecular complexity index is 256. The molecular weight excluding hydrogens is 174 g/mol. The number of aliphatic hydroxyl groups is 1. The van der Waals surface area contributed by atoms with E-state index in [0.717, 1.165) is 24.1 Å². The zero-order valence-corrected chi connectivity index (χ0v) is 8.74. The number of hydrogen-bond acceptors (Lipinski definition) is 2. The highest BCUT2D eigenvalue weighted by Gasteiger charge is 2.05. The van der Waals surface area contributed by atoms with E-state index in [1.54, 1.807) is 0 Å². The van der Waals surface area contributed by atoms with Crippen molar-refractivity contribution < 1.29 is 5.11 Å². The van der Waals surface area contributed by atoms with Gasteiger partial charge in [0.15, 0.2) is 0 Å². The molecule has 0 aliphatic rings. The normalized spacial score (nSPS) is 12.7. The van der Waals surface area contributed by atoms with Gasteiger partial charge in [-0.25, -0.2) is 0 Å². The van der Waals surface area contributed by atoms with Crippen LogP contribution in [-0.4, -0.2) is 5.11 Å². The summed E-state index contributed by atoms with van der Waals surface area (Å²) in [4.78, 5) is 0. The molecule has 0 aliphatic carbocycles. The Balaban J connectivity index is 2.43. The Morgan fingerprint density at radius 3 is 2.43 bits per heavy atom. The molecule has 78 valence electrons. The highest BCUT2D eigenvalue weighted by atomic mass is 16.3. The Morgan fingerprint density at radius 1 is 1.21 bits per heavy atom. The molecule has 0 bridgehead atoms. The average Bonchev–Trinajstić information content (AvgIpc) is 2.19. The molecule has 1 rings (SSSR count). The van der Waals surface area contributed by atoms with Crippen LogP contribution in [0.3, 0.4) is 0 Å². The summed E-state index contributed by atoms with van der Waals surface area (Å²) in [5.41, 5.74) is 7.28. The molecule has 0 amide bonds. The van der Waals surface area contributed by atoms with Crippen molar-refractivity contribution in [2.45, 2.75) is 38.7 Å². The van der Waals surface area contributed by atoms with Crippen molar-refractivity contribution in [2.24, 2.45) is 0 Å². The van der Waals surface area contributed by atoms with Crippen molar-refractivity contribution >= 4 is 5.69 Å². The van der Waals surface area contributed by atoms with Gasteiger partial charge in [0.2, 0.25) is 0 Å². The van der Waals surface area contributed by atoms with Gasteiger partial charge in [0.05, 0.1) is 6.10 Å². The minimum Gasteiger partial charge on any atom is -0.399 e. The fourth-order valence-corrected chi connectivity index (χ4v) is 1.47. The smallest absolute Gasteiger partial charge is 0.0790 e. The predicted molar refractivity (Wildman–Crippen MR) is 60.0 cm³/mol. The van der Waals surface area contributed by atoms with E-state index in [9.17, 15) is 5.11 Å². The first-order chi connectivity index (χ1) is 6.74. The van der Waals surface area contributed by atoms with Gasteiger partial charge in [-0.15, -0.1) is 0 Å². The minimum absolute atomic E-state index is 0.331. The summed E-state index contributed by atoms with van der Waals surface area (Å²) >= 11 is 0. The second-order valence-electron chi connectivity index (χ2n) is 3.68. The van der Waals surface area contributed by atoms with Gasteiger partial charge >= 0.3 is 0 Å². The highest BCUT2D eigenvalue weighted by Crippen LogP contribution is 2.20. The van der Waals surface area contributed by atoms with Crippen LogP contribution in [0.2, 0.25) is 0 Å². The van der Waals surface area contributed by atoms with Crippen molar-refractivity contribution in [3.8, 4) is 0 Å². The molecule has 0 spiro atoms. The van der Waals surface area contributed by atoms with Gasteiger partial charge in [-0.05, 0) is 24.1 Å². The number of aliphatic hydroxyl groups excluding tert-OH is 1. The van der Waals surface area contributed by atoms with Crippen LogP contribution >= 0.6 is 0 Å². The fraction of sp³-hybridized carbons (Fsp3) is 0.500. The number of nitrogen functional groups attached to an aromatic ring is 1. The summed E-state index contributed by atoms with van der Waals surface area (Å²) in [5, 5.41) is 9.80. The second-order valence-corrected chi connectivity index (χ2v) is 3.68. The van der Waals surface area contributed by atoms with E-state index in [0.29, 0.717) is 0 Å². The summed E-state index contributed by atoms with van der Waals surface area (Å²) in [5.74, 6) is 0. The van der Waals surface area contributed by atoms with Crippen molar-refractivity contribution in [1.82, 2.24) is 0 Å². The first-order valence-corrected chi connectivity index (χ1v) is 5.27. The molecule has 1 aromatic carbocycles. The zero-order valence-electron chi connectivity index (χ0n) is 8.74. The lowest BCUT2D eigenvalue weighted by Gasteiger charge is -2.10. The maximum Gasteiger partial charge on any atom is 0.0790 e. The Labute approximate surface area is 85.8 Å². The molecule has 1 unspecified atom stereocenters. The largest absolute Gasteiger partial charge is 0.399 e. The Hall–Kier alpha value is -1.02. The van der Waals surface area contributed by atoms with Gasteiger partial charge in [0.25, 0.3) is 0 Å². The zero-order chi connectivity index (χ0) is 10.4. The van der Waals surface area contributed by atoms with Crippen molar-refractivity contribution in [2.75, 3.05) is 5.73 Å². The Morgan fingerprint density at radius 2 is 1.86 bits per heavy atom. The quantitative estimate of drug-likeness (QED) is 0.558. The SMILES string of the molecule is CCCCCC(O)c1ccc(N)cc1. The molecule has 14 heavy (non-hydrogen) atoms. The van der Waals surface area contributed by atoms with Crippen molar-refractivity contribution in [3.63, 3.8) is 0 Å². The molecule has 0 saturated heterocycles. The first kappa shape index (κ1) is 11.1. The molecule has 0 fully saturated rings. The summed E-state index contributed by atoms with van der Waals surface area (Å²) in [6.07, 6.45) is 3.97. The number of rotatable bonds is 5. The van der Waals surface area contributed by atoms with Crippen LogP contribution in [-0.2, 0) is 0 Å². The molecule has 0 heterocycles. The van der Waals surface area contributed by atoms with E-state index in [1.807, 2.05) is 24.3 Å². The second kappa shape index (κ2) is 5.66. The Kier molecular flexibility index (Phi) is 4.47. The lowest BCUT2D eigenvalue weighted by molar-refractivity contribution is 0.163. The van der Waals surface area contributed by atoms with E-state index < -0.39 is 0 Å². The molecule has 0 saturated carbocycles. The van der Waals surface area contributed by atoms with Crippen LogP contribution in [0.25, 0.3) is 0 Å².